The van der Waals surface area contributed by atoms with Crippen molar-refractivity contribution >= 4 is 0 Å². The molecule has 90 valence electrons. The van der Waals surface area contributed by atoms with E-state index in [2.05, 4.69) is 42.3 Å². The highest BCUT2D eigenvalue weighted by molar-refractivity contribution is 5.02. The van der Waals surface area contributed by atoms with E-state index in [0.717, 1.165) is 6.54 Å². The van der Waals surface area contributed by atoms with Crippen molar-refractivity contribution in [3.63, 3.8) is 0 Å². The predicted octanol–water partition coefficient (Wildman–Crippen LogP) is 2.35. The predicted molar refractivity (Wildman–Crippen MR) is 66.2 cm³/mol. The molecule has 0 radical (unpaired) electrons. The van der Waals surface area contributed by atoms with Crippen LogP contribution in [0.15, 0.2) is 6.20 Å². The lowest BCUT2D eigenvalue weighted by Gasteiger charge is -2.36. The van der Waals surface area contributed by atoms with Crippen molar-refractivity contribution in [1.82, 2.24) is 14.5 Å². The van der Waals surface area contributed by atoms with Gasteiger partial charge in [-0.25, -0.2) is 4.98 Å². The molecule has 2 rings (SSSR count). The zero-order valence-corrected chi connectivity index (χ0v) is 11.0. The van der Waals surface area contributed by atoms with Crippen LogP contribution in [0, 0.1) is 12.3 Å². The lowest BCUT2D eigenvalue weighted by molar-refractivity contribution is 0.124. The number of aromatic nitrogens is 2. The molecule has 0 unspecified atom stereocenters. The van der Waals surface area contributed by atoms with E-state index in [-0.39, 0.29) is 0 Å². The number of hydrogen-bond donors (Lipinski definition) is 0. The lowest BCUT2D eigenvalue weighted by atomic mass is 9.83. The maximum absolute atomic E-state index is 4.47. The van der Waals surface area contributed by atoms with E-state index in [0.29, 0.717) is 5.41 Å². The first-order chi connectivity index (χ1) is 7.48. The van der Waals surface area contributed by atoms with Gasteiger partial charge >= 0.3 is 0 Å². The molecule has 3 nitrogen and oxygen atoms in total. The molecule has 1 saturated heterocycles. The molecule has 3 heteroatoms. The van der Waals surface area contributed by atoms with E-state index in [4.69, 9.17) is 0 Å². The summed E-state index contributed by atoms with van der Waals surface area (Å²) in [6.07, 6.45) is 4.57. The summed E-state index contributed by atoms with van der Waals surface area (Å²) in [6, 6.07) is 0. The van der Waals surface area contributed by atoms with Crippen LogP contribution < -0.4 is 0 Å². The van der Waals surface area contributed by atoms with Gasteiger partial charge in [0.1, 0.15) is 5.82 Å². The van der Waals surface area contributed by atoms with Gasteiger partial charge in [0, 0.05) is 18.9 Å². The lowest BCUT2D eigenvalue weighted by Crippen LogP contribution is -2.37. The molecule has 1 aromatic heterocycles. The summed E-state index contributed by atoms with van der Waals surface area (Å²) < 4.78 is 2.19. The number of hydrogen-bond acceptors (Lipinski definition) is 2. The second-order valence-corrected chi connectivity index (χ2v) is 5.82. The van der Waals surface area contributed by atoms with Crippen molar-refractivity contribution in [1.29, 1.82) is 0 Å². The fraction of sp³-hybridized carbons (Fsp3) is 0.769. The molecular formula is C13H23N3. The molecule has 0 aliphatic carbocycles. The van der Waals surface area contributed by atoms with Gasteiger partial charge in [-0.3, -0.25) is 4.90 Å². The van der Waals surface area contributed by atoms with Gasteiger partial charge in [-0.15, -0.1) is 0 Å². The average Bonchev–Trinajstić information content (AvgIpc) is 2.53. The fourth-order valence-corrected chi connectivity index (χ4v) is 2.21. The summed E-state index contributed by atoms with van der Waals surface area (Å²) in [7, 11) is 2.10. The standard InChI is InChI=1S/C13H23N3/c1-11-9-14-12(15(11)4)10-16-7-5-13(2,3)6-8-16/h9H,5-8,10H2,1-4H3. The Morgan fingerprint density at radius 3 is 2.44 bits per heavy atom. The summed E-state index contributed by atoms with van der Waals surface area (Å²) in [5.74, 6) is 1.19. The Kier molecular flexibility index (Phi) is 3.06. The van der Waals surface area contributed by atoms with Gasteiger partial charge in [0.05, 0.1) is 6.54 Å². The summed E-state index contributed by atoms with van der Waals surface area (Å²) in [4.78, 5) is 6.99. The summed E-state index contributed by atoms with van der Waals surface area (Å²) >= 11 is 0. The van der Waals surface area contributed by atoms with Gasteiger partial charge in [0.25, 0.3) is 0 Å². The Hall–Kier alpha value is -0.830. The van der Waals surface area contributed by atoms with Crippen LogP contribution in [0.25, 0.3) is 0 Å². The molecule has 0 bridgehead atoms. The average molecular weight is 221 g/mol. The molecule has 2 heterocycles. The Bertz CT molecular complexity index is 355. The normalized spacial score (nSPS) is 21.2. The molecule has 0 N–H and O–H groups in total. The highest BCUT2D eigenvalue weighted by Gasteiger charge is 2.25. The first kappa shape index (κ1) is 11.6. The van der Waals surface area contributed by atoms with Crippen LogP contribution >= 0.6 is 0 Å². The Morgan fingerprint density at radius 2 is 1.94 bits per heavy atom. The second-order valence-electron chi connectivity index (χ2n) is 5.82. The molecule has 1 aromatic rings. The zero-order chi connectivity index (χ0) is 11.8. The first-order valence-corrected chi connectivity index (χ1v) is 6.17. The van der Waals surface area contributed by atoms with Crippen molar-refractivity contribution in [2.75, 3.05) is 13.1 Å². The monoisotopic (exact) mass is 221 g/mol. The van der Waals surface area contributed by atoms with Gasteiger partial charge in [-0.05, 0) is 38.3 Å². The fourth-order valence-electron chi connectivity index (χ4n) is 2.21. The van der Waals surface area contributed by atoms with E-state index in [9.17, 15) is 0 Å². The molecule has 0 aromatic carbocycles. The zero-order valence-electron chi connectivity index (χ0n) is 11.0. The number of piperidine rings is 1. The van der Waals surface area contributed by atoms with Crippen molar-refractivity contribution in [2.45, 2.75) is 40.2 Å². The van der Waals surface area contributed by atoms with Gasteiger partial charge < -0.3 is 4.57 Å². The smallest absolute Gasteiger partial charge is 0.122 e. The van der Waals surface area contributed by atoms with Crippen molar-refractivity contribution in [3.8, 4) is 0 Å². The third-order valence-electron chi connectivity index (χ3n) is 3.89. The van der Waals surface area contributed by atoms with Crippen LogP contribution in [-0.4, -0.2) is 27.5 Å². The van der Waals surface area contributed by atoms with Crippen molar-refractivity contribution in [3.05, 3.63) is 17.7 Å². The molecule has 0 saturated carbocycles. The Morgan fingerprint density at radius 1 is 1.31 bits per heavy atom. The third kappa shape index (κ3) is 2.46. The highest BCUT2D eigenvalue weighted by Crippen LogP contribution is 2.30. The molecular weight excluding hydrogens is 198 g/mol. The van der Waals surface area contributed by atoms with Crippen LogP contribution in [0.2, 0.25) is 0 Å². The summed E-state index contributed by atoms with van der Waals surface area (Å²) in [5.41, 5.74) is 1.78. The number of nitrogens with zero attached hydrogens (tertiary/aromatic N) is 3. The Labute approximate surface area is 98.5 Å². The van der Waals surface area contributed by atoms with Gasteiger partial charge in [-0.1, -0.05) is 13.8 Å². The maximum atomic E-state index is 4.47. The molecule has 0 spiro atoms. The minimum absolute atomic E-state index is 0.536. The third-order valence-corrected chi connectivity index (χ3v) is 3.89. The van der Waals surface area contributed by atoms with E-state index >= 15 is 0 Å². The van der Waals surface area contributed by atoms with Crippen molar-refractivity contribution in [2.24, 2.45) is 12.5 Å². The quantitative estimate of drug-likeness (QED) is 0.764. The molecule has 0 amide bonds. The summed E-state index contributed by atoms with van der Waals surface area (Å²) in [6.45, 7) is 10.3. The van der Waals surface area contributed by atoms with Gasteiger partial charge in [-0.2, -0.15) is 0 Å². The molecule has 1 aliphatic heterocycles. The Balaban J connectivity index is 1.94. The van der Waals surface area contributed by atoms with Crippen LogP contribution in [0.3, 0.4) is 0 Å². The minimum Gasteiger partial charge on any atom is -0.334 e. The van der Waals surface area contributed by atoms with E-state index in [1.807, 2.05) is 6.20 Å². The minimum atomic E-state index is 0.536. The molecule has 1 aliphatic rings. The van der Waals surface area contributed by atoms with Crippen LogP contribution in [0.5, 0.6) is 0 Å². The highest BCUT2D eigenvalue weighted by atomic mass is 15.2. The molecule has 0 atom stereocenters. The van der Waals surface area contributed by atoms with Crippen molar-refractivity contribution < 1.29 is 0 Å². The van der Waals surface area contributed by atoms with E-state index < -0.39 is 0 Å². The maximum Gasteiger partial charge on any atom is 0.122 e. The van der Waals surface area contributed by atoms with E-state index in [1.54, 1.807) is 0 Å². The van der Waals surface area contributed by atoms with Crippen LogP contribution in [0.4, 0.5) is 0 Å². The summed E-state index contributed by atoms with van der Waals surface area (Å²) in [5, 5.41) is 0. The van der Waals surface area contributed by atoms with Crippen LogP contribution in [-0.2, 0) is 13.6 Å². The number of rotatable bonds is 2. The number of likely N-dealkylation sites (tertiary alicyclic amines) is 1. The van der Waals surface area contributed by atoms with Crippen LogP contribution in [0.1, 0.15) is 38.2 Å². The van der Waals surface area contributed by atoms with E-state index in [1.165, 1.54) is 37.4 Å². The number of imidazole rings is 1. The van der Waals surface area contributed by atoms with Gasteiger partial charge in [0.2, 0.25) is 0 Å². The number of aryl methyl sites for hydroxylation is 1. The largest absolute Gasteiger partial charge is 0.334 e. The molecule has 1 fully saturated rings. The first-order valence-electron chi connectivity index (χ1n) is 6.17. The topological polar surface area (TPSA) is 21.1 Å². The SMILES string of the molecule is Cc1cnc(CN2CCC(C)(C)CC2)n1C. The van der Waals surface area contributed by atoms with Gasteiger partial charge in [0.15, 0.2) is 0 Å². The second kappa shape index (κ2) is 4.21. The molecule has 16 heavy (non-hydrogen) atoms.